The lowest BCUT2D eigenvalue weighted by molar-refractivity contribution is 0.266. The standard InChI is InChI=1S/C23H30BrClN2O2/c1-16(2)14-29-23-6-5-21(28-15-18-3-4-20(25)10-22(18)24)9-19(23)13-27-12-17-7-8-26-11-17/h3-6,9-10,16-17,26-27H,7-8,11-15H2,1-2H3. The Morgan fingerprint density at radius 1 is 1.17 bits per heavy atom. The van der Waals surface area contributed by atoms with Crippen LogP contribution in [0.2, 0.25) is 5.02 Å². The van der Waals surface area contributed by atoms with Gasteiger partial charge in [-0.1, -0.05) is 47.4 Å². The summed E-state index contributed by atoms with van der Waals surface area (Å²) in [5.41, 5.74) is 2.19. The molecule has 1 saturated heterocycles. The second-order valence-electron chi connectivity index (χ2n) is 7.99. The number of benzene rings is 2. The number of ether oxygens (including phenoxy) is 2. The molecule has 1 aliphatic heterocycles. The van der Waals surface area contributed by atoms with E-state index in [9.17, 15) is 0 Å². The van der Waals surface area contributed by atoms with Gasteiger partial charge in [0.1, 0.15) is 18.1 Å². The fraction of sp³-hybridized carbons (Fsp3) is 0.478. The number of rotatable bonds is 10. The van der Waals surface area contributed by atoms with Gasteiger partial charge >= 0.3 is 0 Å². The van der Waals surface area contributed by atoms with Crippen molar-refractivity contribution in [3.63, 3.8) is 0 Å². The summed E-state index contributed by atoms with van der Waals surface area (Å²) in [7, 11) is 0. The van der Waals surface area contributed by atoms with Crippen LogP contribution in [-0.4, -0.2) is 26.2 Å². The van der Waals surface area contributed by atoms with Crippen LogP contribution < -0.4 is 20.1 Å². The number of hydrogen-bond donors (Lipinski definition) is 2. The SMILES string of the molecule is CC(C)COc1ccc(OCc2ccc(Cl)cc2Br)cc1CNCC1CCNC1. The monoisotopic (exact) mass is 480 g/mol. The van der Waals surface area contributed by atoms with E-state index in [4.69, 9.17) is 21.1 Å². The summed E-state index contributed by atoms with van der Waals surface area (Å²) in [5.74, 6) is 2.95. The maximum Gasteiger partial charge on any atom is 0.124 e. The van der Waals surface area contributed by atoms with E-state index in [0.717, 1.165) is 53.3 Å². The average Bonchev–Trinajstić information content (AvgIpc) is 3.20. The normalized spacial score (nSPS) is 16.4. The minimum Gasteiger partial charge on any atom is -0.493 e. The first-order valence-electron chi connectivity index (χ1n) is 10.2. The second kappa shape index (κ2) is 11.2. The summed E-state index contributed by atoms with van der Waals surface area (Å²) in [5, 5.41) is 7.71. The molecule has 0 bridgehead atoms. The molecule has 0 spiro atoms. The Morgan fingerprint density at radius 3 is 2.76 bits per heavy atom. The van der Waals surface area contributed by atoms with E-state index in [-0.39, 0.29) is 0 Å². The van der Waals surface area contributed by atoms with Crippen LogP contribution in [0.1, 0.15) is 31.4 Å². The molecule has 0 aromatic heterocycles. The minimum atomic E-state index is 0.477. The molecular formula is C23H30BrClN2O2. The van der Waals surface area contributed by atoms with Gasteiger partial charge in [0.2, 0.25) is 0 Å². The van der Waals surface area contributed by atoms with Gasteiger partial charge in [0.05, 0.1) is 6.61 Å². The Balaban J connectivity index is 1.64. The largest absolute Gasteiger partial charge is 0.493 e. The van der Waals surface area contributed by atoms with Crippen molar-refractivity contribution in [3.8, 4) is 11.5 Å². The lowest BCUT2D eigenvalue weighted by atomic mass is 10.1. The fourth-order valence-corrected chi connectivity index (χ4v) is 4.08. The molecule has 158 valence electrons. The van der Waals surface area contributed by atoms with Gasteiger partial charge in [-0.25, -0.2) is 0 Å². The van der Waals surface area contributed by atoms with Crippen molar-refractivity contribution in [2.75, 3.05) is 26.2 Å². The molecular weight excluding hydrogens is 452 g/mol. The van der Waals surface area contributed by atoms with E-state index in [1.165, 1.54) is 6.42 Å². The molecule has 3 rings (SSSR count). The molecule has 1 unspecified atom stereocenters. The van der Waals surface area contributed by atoms with Crippen LogP contribution in [0, 0.1) is 11.8 Å². The first kappa shape index (κ1) is 22.4. The Labute approximate surface area is 187 Å². The molecule has 6 heteroatoms. The summed E-state index contributed by atoms with van der Waals surface area (Å²) in [6.07, 6.45) is 1.24. The number of nitrogens with one attached hydrogen (secondary N) is 2. The van der Waals surface area contributed by atoms with Gasteiger partial charge in [0, 0.05) is 27.2 Å². The third kappa shape index (κ3) is 7.18. The molecule has 0 radical (unpaired) electrons. The highest BCUT2D eigenvalue weighted by Gasteiger charge is 2.14. The summed E-state index contributed by atoms with van der Waals surface area (Å²) in [4.78, 5) is 0. The lowest BCUT2D eigenvalue weighted by Crippen LogP contribution is -2.24. The molecule has 1 aliphatic rings. The maximum absolute atomic E-state index is 6.05. The Morgan fingerprint density at radius 2 is 2.03 bits per heavy atom. The molecule has 2 N–H and O–H groups in total. The van der Waals surface area contributed by atoms with Crippen molar-refractivity contribution in [1.82, 2.24) is 10.6 Å². The maximum atomic E-state index is 6.05. The Hall–Kier alpha value is -1.27. The first-order valence-corrected chi connectivity index (χ1v) is 11.4. The topological polar surface area (TPSA) is 42.5 Å². The molecule has 4 nitrogen and oxygen atoms in total. The van der Waals surface area contributed by atoms with E-state index in [0.29, 0.717) is 30.1 Å². The zero-order valence-electron chi connectivity index (χ0n) is 17.1. The van der Waals surface area contributed by atoms with Crippen molar-refractivity contribution in [2.45, 2.75) is 33.4 Å². The molecule has 0 amide bonds. The van der Waals surface area contributed by atoms with Crippen molar-refractivity contribution in [2.24, 2.45) is 11.8 Å². The van der Waals surface area contributed by atoms with Crippen LogP contribution in [0.15, 0.2) is 40.9 Å². The van der Waals surface area contributed by atoms with E-state index in [1.807, 2.05) is 30.3 Å². The van der Waals surface area contributed by atoms with Gasteiger partial charge in [-0.05, 0) is 68.2 Å². The predicted octanol–water partition coefficient (Wildman–Crippen LogP) is 5.42. The molecule has 2 aromatic rings. The smallest absolute Gasteiger partial charge is 0.124 e. The molecule has 1 heterocycles. The highest BCUT2D eigenvalue weighted by atomic mass is 79.9. The Kier molecular flexibility index (Phi) is 8.67. The zero-order valence-corrected chi connectivity index (χ0v) is 19.5. The van der Waals surface area contributed by atoms with Crippen LogP contribution in [0.3, 0.4) is 0 Å². The van der Waals surface area contributed by atoms with E-state index in [1.54, 1.807) is 0 Å². The summed E-state index contributed by atoms with van der Waals surface area (Å²) >= 11 is 9.57. The molecule has 0 aliphatic carbocycles. The van der Waals surface area contributed by atoms with Gasteiger partial charge in [0.15, 0.2) is 0 Å². The first-order chi connectivity index (χ1) is 14.0. The van der Waals surface area contributed by atoms with Crippen LogP contribution >= 0.6 is 27.5 Å². The quantitative estimate of drug-likeness (QED) is 0.476. The van der Waals surface area contributed by atoms with Gasteiger partial charge in [-0.15, -0.1) is 0 Å². The van der Waals surface area contributed by atoms with Crippen LogP contribution in [-0.2, 0) is 13.2 Å². The summed E-state index contributed by atoms with van der Waals surface area (Å²) < 4.78 is 13.0. The van der Waals surface area contributed by atoms with Crippen molar-refractivity contribution >= 4 is 27.5 Å². The summed E-state index contributed by atoms with van der Waals surface area (Å²) in [6.45, 7) is 9.51. The molecule has 29 heavy (non-hydrogen) atoms. The minimum absolute atomic E-state index is 0.477. The van der Waals surface area contributed by atoms with Crippen molar-refractivity contribution in [1.29, 1.82) is 0 Å². The molecule has 1 fully saturated rings. The van der Waals surface area contributed by atoms with Gasteiger partial charge in [-0.3, -0.25) is 0 Å². The molecule has 1 atom stereocenters. The van der Waals surface area contributed by atoms with Crippen LogP contribution in [0.4, 0.5) is 0 Å². The van der Waals surface area contributed by atoms with Crippen molar-refractivity contribution in [3.05, 3.63) is 57.0 Å². The third-order valence-electron chi connectivity index (χ3n) is 4.92. The zero-order chi connectivity index (χ0) is 20.6. The van der Waals surface area contributed by atoms with Crippen molar-refractivity contribution < 1.29 is 9.47 Å². The highest BCUT2D eigenvalue weighted by molar-refractivity contribution is 9.10. The summed E-state index contributed by atoms with van der Waals surface area (Å²) in [6, 6.07) is 11.8. The number of halogens is 2. The third-order valence-corrected chi connectivity index (χ3v) is 5.90. The van der Waals surface area contributed by atoms with E-state index in [2.05, 4.69) is 46.5 Å². The van der Waals surface area contributed by atoms with Crippen LogP contribution in [0.25, 0.3) is 0 Å². The highest BCUT2D eigenvalue weighted by Crippen LogP contribution is 2.27. The van der Waals surface area contributed by atoms with Gasteiger partial charge < -0.3 is 20.1 Å². The van der Waals surface area contributed by atoms with E-state index < -0.39 is 0 Å². The molecule has 2 aromatic carbocycles. The van der Waals surface area contributed by atoms with E-state index >= 15 is 0 Å². The average molecular weight is 482 g/mol. The Bertz CT molecular complexity index is 794. The fourth-order valence-electron chi connectivity index (χ4n) is 3.28. The van der Waals surface area contributed by atoms with Gasteiger partial charge in [-0.2, -0.15) is 0 Å². The predicted molar refractivity (Wildman–Crippen MR) is 123 cm³/mol. The number of hydrogen-bond acceptors (Lipinski definition) is 4. The van der Waals surface area contributed by atoms with Gasteiger partial charge in [0.25, 0.3) is 0 Å². The lowest BCUT2D eigenvalue weighted by Gasteiger charge is -2.17. The molecule has 0 saturated carbocycles. The van der Waals surface area contributed by atoms with Crippen LogP contribution in [0.5, 0.6) is 11.5 Å². The second-order valence-corrected chi connectivity index (χ2v) is 9.28.